The van der Waals surface area contributed by atoms with Gasteiger partial charge in [-0.1, -0.05) is 65.3 Å². The van der Waals surface area contributed by atoms with Crippen LogP contribution in [0.15, 0.2) is 24.3 Å². The Balaban J connectivity index is 2.06. The van der Waals surface area contributed by atoms with E-state index >= 15 is 0 Å². The van der Waals surface area contributed by atoms with Crippen molar-refractivity contribution in [3.8, 4) is 0 Å². The second kappa shape index (κ2) is 7.99. The first-order chi connectivity index (χ1) is 10.1. The quantitative estimate of drug-likeness (QED) is 0.448. The summed E-state index contributed by atoms with van der Waals surface area (Å²) < 4.78 is 0. The molecule has 2 rings (SSSR count). The van der Waals surface area contributed by atoms with Crippen molar-refractivity contribution in [1.82, 2.24) is 4.90 Å². The first-order valence-electron chi connectivity index (χ1n) is 8.08. The molecule has 0 radical (unpaired) electrons. The molecule has 1 unspecified atom stereocenters. The van der Waals surface area contributed by atoms with Gasteiger partial charge >= 0.3 is 0 Å². The van der Waals surface area contributed by atoms with Crippen LogP contribution in [0, 0.1) is 5.41 Å². The molecule has 0 aliphatic heterocycles. The molecule has 0 N–H and O–H groups in total. The average Bonchev–Trinajstić information content (AvgIpc) is 2.72. The predicted molar refractivity (Wildman–Crippen MR) is 96.4 cm³/mol. The molecule has 1 aliphatic rings. The summed E-state index contributed by atoms with van der Waals surface area (Å²) in [6.07, 6.45) is 8.27. The second-order valence-electron chi connectivity index (χ2n) is 6.69. The molecule has 1 fully saturated rings. The zero-order chi connectivity index (χ0) is 15.3. The van der Waals surface area contributed by atoms with Crippen LogP contribution in [0.1, 0.15) is 57.1 Å². The van der Waals surface area contributed by atoms with Crippen LogP contribution in [0.2, 0.25) is 5.02 Å². The SMILES string of the molecule is CC(c1cccc(Cl)c1)N(C)CC1(CBr)CCCCCC1. The van der Waals surface area contributed by atoms with E-state index in [2.05, 4.69) is 46.9 Å². The Morgan fingerprint density at radius 1 is 1.24 bits per heavy atom. The van der Waals surface area contributed by atoms with Gasteiger partial charge in [-0.3, -0.25) is 4.90 Å². The van der Waals surface area contributed by atoms with Gasteiger partial charge in [-0.05, 0) is 49.9 Å². The molecule has 118 valence electrons. The van der Waals surface area contributed by atoms with Gasteiger partial charge in [0.2, 0.25) is 0 Å². The summed E-state index contributed by atoms with van der Waals surface area (Å²) in [6.45, 7) is 3.44. The Kier molecular flexibility index (Phi) is 6.58. The lowest BCUT2D eigenvalue weighted by atomic mass is 9.81. The minimum atomic E-state index is 0.405. The summed E-state index contributed by atoms with van der Waals surface area (Å²) in [5.74, 6) is 0. The van der Waals surface area contributed by atoms with E-state index in [1.54, 1.807) is 0 Å². The van der Waals surface area contributed by atoms with Gasteiger partial charge in [-0.2, -0.15) is 0 Å². The molecule has 0 amide bonds. The largest absolute Gasteiger partial charge is 0.299 e. The molecule has 0 spiro atoms. The molecule has 0 bridgehead atoms. The number of rotatable bonds is 5. The molecule has 1 saturated carbocycles. The average molecular weight is 373 g/mol. The maximum atomic E-state index is 6.14. The van der Waals surface area contributed by atoms with Crippen LogP contribution in [0.4, 0.5) is 0 Å². The van der Waals surface area contributed by atoms with Crippen molar-refractivity contribution in [3.05, 3.63) is 34.9 Å². The molecule has 1 aromatic carbocycles. The second-order valence-corrected chi connectivity index (χ2v) is 7.69. The van der Waals surface area contributed by atoms with E-state index in [9.17, 15) is 0 Å². The smallest absolute Gasteiger partial charge is 0.0409 e. The zero-order valence-corrected chi connectivity index (χ0v) is 15.6. The highest BCUT2D eigenvalue weighted by atomic mass is 79.9. The molecular formula is C18H27BrClN. The molecule has 0 saturated heterocycles. The van der Waals surface area contributed by atoms with Gasteiger partial charge < -0.3 is 0 Å². The molecule has 3 heteroatoms. The summed E-state index contributed by atoms with van der Waals surface area (Å²) in [6, 6.07) is 8.68. The highest BCUT2D eigenvalue weighted by Crippen LogP contribution is 2.38. The number of hydrogen-bond acceptors (Lipinski definition) is 1. The van der Waals surface area contributed by atoms with Crippen molar-refractivity contribution >= 4 is 27.5 Å². The fraction of sp³-hybridized carbons (Fsp3) is 0.667. The topological polar surface area (TPSA) is 3.24 Å². The Hall–Kier alpha value is -0.0500. The van der Waals surface area contributed by atoms with E-state index in [-0.39, 0.29) is 0 Å². The van der Waals surface area contributed by atoms with Crippen molar-refractivity contribution in [2.24, 2.45) is 5.41 Å². The maximum absolute atomic E-state index is 6.14. The summed E-state index contributed by atoms with van der Waals surface area (Å²) in [5.41, 5.74) is 1.75. The highest BCUT2D eigenvalue weighted by Gasteiger charge is 2.32. The third kappa shape index (κ3) is 4.71. The maximum Gasteiger partial charge on any atom is 0.0409 e. The van der Waals surface area contributed by atoms with Crippen LogP contribution in [0.25, 0.3) is 0 Å². The minimum Gasteiger partial charge on any atom is -0.299 e. The van der Waals surface area contributed by atoms with Crippen LogP contribution < -0.4 is 0 Å². The van der Waals surface area contributed by atoms with Crippen molar-refractivity contribution in [2.75, 3.05) is 18.9 Å². The van der Waals surface area contributed by atoms with Crippen molar-refractivity contribution in [2.45, 2.75) is 51.5 Å². The first-order valence-corrected chi connectivity index (χ1v) is 9.58. The van der Waals surface area contributed by atoms with Gasteiger partial charge in [0, 0.05) is 22.9 Å². The van der Waals surface area contributed by atoms with Crippen LogP contribution in [-0.4, -0.2) is 23.8 Å². The predicted octanol–water partition coefficient (Wildman–Crippen LogP) is 6.07. The monoisotopic (exact) mass is 371 g/mol. The Bertz CT molecular complexity index is 441. The highest BCUT2D eigenvalue weighted by molar-refractivity contribution is 9.09. The molecule has 0 aromatic heterocycles. The van der Waals surface area contributed by atoms with E-state index in [1.165, 1.54) is 44.1 Å². The molecule has 1 nitrogen and oxygen atoms in total. The normalized spacial score (nSPS) is 20.2. The van der Waals surface area contributed by atoms with Crippen molar-refractivity contribution in [1.29, 1.82) is 0 Å². The lowest BCUT2D eigenvalue weighted by Crippen LogP contribution is -2.38. The van der Waals surface area contributed by atoms with Crippen LogP contribution in [-0.2, 0) is 0 Å². The molecule has 1 atom stereocenters. The van der Waals surface area contributed by atoms with Crippen LogP contribution in [0.3, 0.4) is 0 Å². The molecule has 0 heterocycles. The number of hydrogen-bond donors (Lipinski definition) is 0. The van der Waals surface area contributed by atoms with Gasteiger partial charge in [0.15, 0.2) is 0 Å². The van der Waals surface area contributed by atoms with Crippen molar-refractivity contribution in [3.63, 3.8) is 0 Å². The molecule has 1 aromatic rings. The third-order valence-electron chi connectivity index (χ3n) is 5.02. The first kappa shape index (κ1) is 17.3. The Morgan fingerprint density at radius 3 is 2.48 bits per heavy atom. The molecular weight excluding hydrogens is 346 g/mol. The van der Waals surface area contributed by atoms with Gasteiger partial charge in [-0.15, -0.1) is 0 Å². The summed E-state index contributed by atoms with van der Waals surface area (Å²) in [4.78, 5) is 2.50. The number of halogens is 2. The summed E-state index contributed by atoms with van der Waals surface area (Å²) in [7, 11) is 2.25. The summed E-state index contributed by atoms with van der Waals surface area (Å²) >= 11 is 9.94. The Labute approximate surface area is 143 Å². The van der Waals surface area contributed by atoms with E-state index in [4.69, 9.17) is 11.6 Å². The Morgan fingerprint density at radius 2 is 1.90 bits per heavy atom. The standard InChI is InChI=1S/C18H27BrClN/c1-15(16-8-7-9-17(20)12-16)21(2)14-18(13-19)10-5-3-4-6-11-18/h7-9,12,15H,3-6,10-11,13-14H2,1-2H3. The van der Waals surface area contributed by atoms with Gasteiger partial charge in [0.1, 0.15) is 0 Å². The lowest BCUT2D eigenvalue weighted by molar-refractivity contribution is 0.144. The number of benzene rings is 1. The van der Waals surface area contributed by atoms with E-state index in [0.717, 1.165) is 16.9 Å². The van der Waals surface area contributed by atoms with E-state index in [0.29, 0.717) is 11.5 Å². The lowest BCUT2D eigenvalue weighted by Gasteiger charge is -2.38. The fourth-order valence-corrected chi connectivity index (χ4v) is 4.44. The minimum absolute atomic E-state index is 0.405. The van der Waals surface area contributed by atoms with Crippen molar-refractivity contribution < 1.29 is 0 Å². The number of alkyl halides is 1. The van der Waals surface area contributed by atoms with Crippen LogP contribution in [0.5, 0.6) is 0 Å². The molecule has 21 heavy (non-hydrogen) atoms. The van der Waals surface area contributed by atoms with Gasteiger partial charge in [-0.25, -0.2) is 0 Å². The van der Waals surface area contributed by atoms with E-state index in [1.807, 2.05) is 12.1 Å². The fourth-order valence-electron chi connectivity index (χ4n) is 3.50. The van der Waals surface area contributed by atoms with Gasteiger partial charge in [0.05, 0.1) is 0 Å². The molecule has 1 aliphatic carbocycles. The van der Waals surface area contributed by atoms with Crippen LogP contribution >= 0.6 is 27.5 Å². The summed E-state index contributed by atoms with van der Waals surface area (Å²) in [5, 5.41) is 1.95. The van der Waals surface area contributed by atoms with E-state index < -0.39 is 0 Å². The third-order valence-corrected chi connectivity index (χ3v) is 6.45. The van der Waals surface area contributed by atoms with Gasteiger partial charge in [0.25, 0.3) is 0 Å². The number of nitrogens with zero attached hydrogens (tertiary/aromatic N) is 1. The zero-order valence-electron chi connectivity index (χ0n) is 13.2.